The van der Waals surface area contributed by atoms with Crippen molar-refractivity contribution in [3.8, 4) is 34.5 Å². The Morgan fingerprint density at radius 3 is 1.24 bits per heavy atom. The number of rotatable bonds is 28. The molecule has 0 aromatic heterocycles. The summed E-state index contributed by atoms with van der Waals surface area (Å²) in [6, 6.07) is 40.6. The molecule has 19 heteroatoms. The molecular formula is C68H72O19. The van der Waals surface area contributed by atoms with E-state index in [2.05, 4.69) is 0 Å². The van der Waals surface area contributed by atoms with E-state index >= 15 is 4.79 Å². The Morgan fingerprint density at radius 1 is 0.391 bits per heavy atom. The molecule has 1 fully saturated rings. The molecule has 5 atom stereocenters. The van der Waals surface area contributed by atoms with Crippen LogP contribution in [0.15, 0.2) is 140 Å². The molecule has 1 aliphatic rings. The number of hydrogen-bond acceptors (Lipinski definition) is 19. The van der Waals surface area contributed by atoms with Crippen molar-refractivity contribution >= 4 is 23.9 Å². The number of methoxy groups -OCH3 is 4. The molecule has 2 unspecified atom stereocenters. The van der Waals surface area contributed by atoms with Crippen LogP contribution in [0.25, 0.3) is 0 Å². The Kier molecular flexibility index (Phi) is 22.7. The zero-order valence-electron chi connectivity index (χ0n) is 50.4. The highest BCUT2D eigenvalue weighted by Crippen LogP contribution is 2.41. The van der Waals surface area contributed by atoms with Crippen molar-refractivity contribution in [3.05, 3.63) is 212 Å². The minimum atomic E-state index is -1.74. The normalized spacial score (nSPS) is 16.2. The van der Waals surface area contributed by atoms with E-state index in [1.807, 2.05) is 126 Å². The highest BCUT2D eigenvalue weighted by molar-refractivity contribution is 5.93. The fourth-order valence-electron chi connectivity index (χ4n) is 9.43. The highest BCUT2D eigenvalue weighted by atomic mass is 16.7. The van der Waals surface area contributed by atoms with E-state index in [-0.39, 0.29) is 85.5 Å². The number of benzene rings is 7. The Morgan fingerprint density at radius 2 is 0.770 bits per heavy atom. The van der Waals surface area contributed by atoms with Gasteiger partial charge in [-0.25, -0.2) is 19.2 Å². The van der Waals surface area contributed by atoms with Crippen LogP contribution in [0.4, 0.5) is 0 Å². The summed E-state index contributed by atoms with van der Waals surface area (Å²) in [6.07, 6.45) is -8.22. The average Bonchev–Trinajstić information content (AvgIpc) is 1.56. The van der Waals surface area contributed by atoms with Gasteiger partial charge in [-0.05, 0) is 140 Å². The summed E-state index contributed by atoms with van der Waals surface area (Å²) in [6.45, 7) is 10.1. The van der Waals surface area contributed by atoms with Gasteiger partial charge >= 0.3 is 23.9 Å². The Bertz CT molecular complexity index is 3410. The van der Waals surface area contributed by atoms with Gasteiger partial charge in [0.15, 0.2) is 68.0 Å². The summed E-state index contributed by atoms with van der Waals surface area (Å²) in [7, 11) is 5.59. The molecule has 8 rings (SSSR count). The summed E-state index contributed by atoms with van der Waals surface area (Å²) in [5.41, 5.74) is 7.20. The van der Waals surface area contributed by atoms with Gasteiger partial charge in [0.25, 0.3) is 0 Å². The van der Waals surface area contributed by atoms with Gasteiger partial charge in [0.05, 0.1) is 22.3 Å². The number of aryl methyl sites for hydroxylation is 4. The predicted octanol–water partition coefficient (Wildman–Crippen LogP) is 11.4. The fraction of sp³-hybridized carbons (Fsp3) is 0.324. The van der Waals surface area contributed by atoms with Gasteiger partial charge in [0, 0.05) is 28.4 Å². The van der Waals surface area contributed by atoms with Gasteiger partial charge in [-0.2, -0.15) is 0 Å². The lowest BCUT2D eigenvalue weighted by Crippen LogP contribution is -2.63. The van der Waals surface area contributed by atoms with Crippen molar-refractivity contribution in [2.24, 2.45) is 0 Å². The monoisotopic (exact) mass is 1190 g/mol. The third-order valence-corrected chi connectivity index (χ3v) is 14.4. The number of carbonyl (C=O) groups excluding carboxylic acids is 4. The Labute approximate surface area is 506 Å². The smallest absolute Gasteiger partial charge is 0.338 e. The fourth-order valence-corrected chi connectivity index (χ4v) is 9.43. The largest absolute Gasteiger partial charge is 0.489 e. The van der Waals surface area contributed by atoms with Crippen LogP contribution in [0, 0.1) is 41.5 Å². The Balaban J connectivity index is 1.19. The molecule has 458 valence electrons. The summed E-state index contributed by atoms with van der Waals surface area (Å²) in [4.78, 5) is 59.1. The lowest BCUT2D eigenvalue weighted by molar-refractivity contribution is -0.291. The second-order valence-corrected chi connectivity index (χ2v) is 20.5. The summed E-state index contributed by atoms with van der Waals surface area (Å²) < 4.78 is 90.1. The first-order valence-electron chi connectivity index (χ1n) is 27.9. The van der Waals surface area contributed by atoms with Crippen LogP contribution in [0.5, 0.6) is 34.5 Å². The summed E-state index contributed by atoms with van der Waals surface area (Å²) in [5, 5.41) is 0. The van der Waals surface area contributed by atoms with Crippen LogP contribution in [0.2, 0.25) is 0 Å². The number of carbonyl (C=O) groups is 4. The minimum absolute atomic E-state index is 0.0430. The van der Waals surface area contributed by atoms with Crippen LogP contribution in [0.1, 0.15) is 91.5 Å². The zero-order chi connectivity index (χ0) is 62.0. The van der Waals surface area contributed by atoms with Crippen molar-refractivity contribution in [1.82, 2.24) is 0 Å². The van der Waals surface area contributed by atoms with Crippen molar-refractivity contribution in [3.63, 3.8) is 0 Å². The minimum Gasteiger partial charge on any atom is -0.489 e. The van der Waals surface area contributed by atoms with E-state index in [9.17, 15) is 14.4 Å². The first-order valence-corrected chi connectivity index (χ1v) is 27.9. The third kappa shape index (κ3) is 16.7. The van der Waals surface area contributed by atoms with Crippen molar-refractivity contribution in [2.75, 3.05) is 55.4 Å². The van der Waals surface area contributed by atoms with Gasteiger partial charge in [-0.3, -0.25) is 0 Å². The maximum absolute atomic E-state index is 15.0. The SMILES string of the molecule is COCOc1cc(C(=O)O[C@@H]2C(COC(=O)c3cc(OCOC)c(OCc4ccccc4)c(OCOC)c3)O[C@@H](OC)C(OC(=O)c3cc(C)c(C)c(OCc4ccccc4)c3)[C@H]2OC(=O)c2cc(C)c(C)c(C)c2)cc(C)c1OCc1ccccc1. The molecular weight excluding hydrogens is 1120 g/mol. The highest BCUT2D eigenvalue weighted by Gasteiger charge is 2.53. The molecule has 7 aromatic rings. The van der Waals surface area contributed by atoms with E-state index in [0.29, 0.717) is 22.6 Å². The molecule has 0 aliphatic carbocycles. The molecule has 0 spiro atoms. The molecule has 0 radical (unpaired) electrons. The van der Waals surface area contributed by atoms with E-state index in [1.165, 1.54) is 52.7 Å². The zero-order valence-corrected chi connectivity index (χ0v) is 50.4. The van der Waals surface area contributed by atoms with E-state index in [0.717, 1.165) is 38.9 Å². The number of ether oxygens (including phenoxy) is 15. The lowest BCUT2D eigenvalue weighted by atomic mass is 9.97. The molecule has 0 N–H and O–H groups in total. The van der Waals surface area contributed by atoms with E-state index in [4.69, 9.17) is 71.1 Å². The summed E-state index contributed by atoms with van der Waals surface area (Å²) >= 11 is 0. The lowest BCUT2D eigenvalue weighted by Gasteiger charge is -2.44. The molecule has 1 saturated heterocycles. The quantitative estimate of drug-likeness (QED) is 0.0254. The van der Waals surface area contributed by atoms with Crippen LogP contribution < -0.4 is 28.4 Å². The van der Waals surface area contributed by atoms with Crippen molar-refractivity contribution in [2.45, 2.75) is 92.1 Å². The summed E-state index contributed by atoms with van der Waals surface area (Å²) in [5.74, 6) is -2.55. The molecule has 0 amide bonds. The molecule has 1 heterocycles. The van der Waals surface area contributed by atoms with Crippen LogP contribution in [0.3, 0.4) is 0 Å². The molecule has 87 heavy (non-hydrogen) atoms. The first kappa shape index (κ1) is 64.0. The van der Waals surface area contributed by atoms with Crippen LogP contribution in [-0.2, 0) is 62.5 Å². The van der Waals surface area contributed by atoms with Gasteiger partial charge in [-0.1, -0.05) is 91.0 Å². The number of esters is 4. The second kappa shape index (κ2) is 30.9. The third-order valence-electron chi connectivity index (χ3n) is 14.4. The van der Waals surface area contributed by atoms with Crippen LogP contribution in [-0.4, -0.2) is 110 Å². The van der Waals surface area contributed by atoms with E-state index < -0.39 is 61.2 Å². The molecule has 0 bridgehead atoms. The molecule has 1 aliphatic heterocycles. The maximum atomic E-state index is 15.0. The van der Waals surface area contributed by atoms with Gasteiger partial charge in [0.1, 0.15) is 38.3 Å². The standard InChI is InChI=1S/C68H72O19/c1-41-26-50(27-42(2)45(41)5)65(70)86-62-61(85-66(71)52-29-44(4)59(55(31-52)81-38-73-7)78-35-48-22-16-12-17-23-48)58(84-68(76-10)63(62)87-67(72)51-28-43(3)46(6)54(30-51)77-34-47-20-14-11-15-21-47)37-80-64(69)53-32-56(82-39-74-8)60(57(33-53)83-40-75-9)79-36-49-24-18-13-19-25-49/h11-33,58,61-63,68H,34-40H2,1-10H3/t58?,61-,62+,63?,68-/m1/s1. The van der Waals surface area contributed by atoms with Crippen molar-refractivity contribution in [1.29, 1.82) is 0 Å². The molecule has 7 aromatic carbocycles. The van der Waals surface area contributed by atoms with Crippen LogP contribution >= 0.6 is 0 Å². The van der Waals surface area contributed by atoms with Gasteiger partial charge < -0.3 is 71.1 Å². The first-order chi connectivity index (χ1) is 42.1. The maximum Gasteiger partial charge on any atom is 0.338 e. The molecule has 19 nitrogen and oxygen atoms in total. The van der Waals surface area contributed by atoms with Crippen molar-refractivity contribution < 1.29 is 90.2 Å². The van der Waals surface area contributed by atoms with E-state index in [1.54, 1.807) is 31.2 Å². The average molecular weight is 1190 g/mol. The Hall–Kier alpha value is -8.98. The van der Waals surface area contributed by atoms with Gasteiger partial charge in [0.2, 0.25) is 5.75 Å². The number of hydrogen-bond donors (Lipinski definition) is 0. The molecule has 0 saturated carbocycles. The van der Waals surface area contributed by atoms with Gasteiger partial charge in [-0.15, -0.1) is 0 Å². The second-order valence-electron chi connectivity index (χ2n) is 20.5. The predicted molar refractivity (Wildman–Crippen MR) is 318 cm³/mol. The topological polar surface area (TPSA) is 207 Å².